The maximum absolute atomic E-state index is 13.8. The summed E-state index contributed by atoms with van der Waals surface area (Å²) in [6, 6.07) is 13.6. The molecule has 4 rings (SSSR count). The van der Waals surface area contributed by atoms with Crippen LogP contribution < -0.4 is 19.5 Å². The maximum Gasteiger partial charge on any atom is 0.254 e. The van der Waals surface area contributed by atoms with Gasteiger partial charge >= 0.3 is 0 Å². The Hall–Kier alpha value is -4.07. The molecule has 0 bridgehead atoms. The van der Waals surface area contributed by atoms with Gasteiger partial charge in [-0.15, -0.1) is 0 Å². The van der Waals surface area contributed by atoms with E-state index in [-0.39, 0.29) is 11.8 Å². The first-order chi connectivity index (χ1) is 16.0. The second kappa shape index (κ2) is 9.20. The van der Waals surface area contributed by atoms with E-state index >= 15 is 0 Å². The number of carbonyl (C=O) groups excluding carboxylic acids is 2. The van der Waals surface area contributed by atoms with Gasteiger partial charge in [-0.1, -0.05) is 18.2 Å². The van der Waals surface area contributed by atoms with Crippen LogP contribution in [-0.2, 0) is 4.79 Å². The molecule has 0 aliphatic carbocycles. The highest BCUT2D eigenvalue weighted by molar-refractivity contribution is 6.05. The van der Waals surface area contributed by atoms with Crippen LogP contribution in [0.2, 0.25) is 0 Å². The van der Waals surface area contributed by atoms with Crippen LogP contribution in [0.25, 0.3) is 0 Å². The summed E-state index contributed by atoms with van der Waals surface area (Å²) in [6.45, 7) is 0. The maximum atomic E-state index is 13.8. The first-order valence-corrected chi connectivity index (χ1v) is 10.4. The molecule has 0 radical (unpaired) electrons. The van der Waals surface area contributed by atoms with Crippen molar-refractivity contribution < 1.29 is 23.8 Å². The number of fused-ring (bicyclic) bond motifs is 1. The Balaban J connectivity index is 1.88. The quantitative estimate of drug-likeness (QED) is 0.620. The summed E-state index contributed by atoms with van der Waals surface area (Å²) in [4.78, 5) is 32.9. The highest BCUT2D eigenvalue weighted by atomic mass is 16.5. The van der Waals surface area contributed by atoms with Gasteiger partial charge in [0, 0.05) is 25.0 Å². The minimum atomic E-state index is -0.739. The Morgan fingerprint density at radius 2 is 1.67 bits per heavy atom. The third-order valence-electron chi connectivity index (χ3n) is 5.85. The number of pyridine rings is 1. The van der Waals surface area contributed by atoms with Crippen molar-refractivity contribution in [3.05, 3.63) is 77.6 Å². The van der Waals surface area contributed by atoms with Gasteiger partial charge in [0.05, 0.1) is 39.0 Å². The fourth-order valence-corrected chi connectivity index (χ4v) is 4.26. The smallest absolute Gasteiger partial charge is 0.254 e. The fourth-order valence-electron chi connectivity index (χ4n) is 4.26. The topological polar surface area (TPSA) is 90.0 Å². The molecule has 0 fully saturated rings. The van der Waals surface area contributed by atoms with Crippen LogP contribution >= 0.6 is 0 Å². The number of benzene rings is 2. The average molecular weight is 447 g/mol. The SMILES string of the molecule is COc1ccccc1NC(=O)C1c2cc(OC)c(OC)cc2C(=O)N(C)C1c1cccnc1. The van der Waals surface area contributed by atoms with Crippen LogP contribution in [-0.4, -0.2) is 50.1 Å². The van der Waals surface area contributed by atoms with E-state index in [0.717, 1.165) is 5.56 Å². The molecule has 2 heterocycles. The van der Waals surface area contributed by atoms with Gasteiger partial charge in [-0.25, -0.2) is 0 Å². The average Bonchev–Trinajstić information content (AvgIpc) is 2.85. The van der Waals surface area contributed by atoms with Crippen molar-refractivity contribution in [1.29, 1.82) is 0 Å². The number of ether oxygens (including phenoxy) is 3. The number of carbonyl (C=O) groups is 2. The first kappa shape index (κ1) is 22.1. The molecule has 3 aromatic rings. The van der Waals surface area contributed by atoms with Gasteiger partial charge < -0.3 is 24.4 Å². The molecular formula is C25H25N3O5. The largest absolute Gasteiger partial charge is 0.495 e. The van der Waals surface area contributed by atoms with E-state index in [4.69, 9.17) is 14.2 Å². The standard InChI is InChI=1S/C25H25N3O5/c1-28-23(15-8-7-11-26-14-15)22(24(29)27-18-9-5-6-10-19(18)31-2)16-12-20(32-3)21(33-4)13-17(16)25(28)30/h5-14,22-23H,1-4H3,(H,27,29). The van der Waals surface area contributed by atoms with Gasteiger partial charge in [-0.3, -0.25) is 14.6 Å². The number of hydrogen-bond donors (Lipinski definition) is 1. The number of para-hydroxylation sites is 2. The highest BCUT2D eigenvalue weighted by Gasteiger charge is 2.43. The third-order valence-corrected chi connectivity index (χ3v) is 5.85. The second-order valence-electron chi connectivity index (χ2n) is 7.61. The number of hydrogen-bond acceptors (Lipinski definition) is 6. The molecule has 2 aromatic carbocycles. The van der Waals surface area contributed by atoms with E-state index in [1.165, 1.54) is 14.2 Å². The lowest BCUT2D eigenvalue weighted by Gasteiger charge is -2.40. The van der Waals surface area contributed by atoms with Crippen molar-refractivity contribution >= 4 is 17.5 Å². The van der Waals surface area contributed by atoms with Gasteiger partial charge in [0.2, 0.25) is 5.91 Å². The Kier molecular flexibility index (Phi) is 6.17. The molecule has 33 heavy (non-hydrogen) atoms. The van der Waals surface area contributed by atoms with Gasteiger partial charge in [-0.2, -0.15) is 0 Å². The summed E-state index contributed by atoms with van der Waals surface area (Å²) in [5.41, 5.74) is 2.22. The van der Waals surface area contributed by atoms with E-state index in [2.05, 4.69) is 10.3 Å². The molecule has 170 valence electrons. The summed E-state index contributed by atoms with van der Waals surface area (Å²) in [6.07, 6.45) is 3.32. The summed E-state index contributed by atoms with van der Waals surface area (Å²) in [5, 5.41) is 2.98. The third kappa shape index (κ3) is 3.95. The van der Waals surface area contributed by atoms with Crippen molar-refractivity contribution in [2.24, 2.45) is 0 Å². The molecule has 8 nitrogen and oxygen atoms in total. The zero-order valence-electron chi connectivity index (χ0n) is 18.9. The molecule has 2 unspecified atom stereocenters. The highest BCUT2D eigenvalue weighted by Crippen LogP contribution is 2.46. The number of amides is 2. The Bertz CT molecular complexity index is 1180. The molecule has 1 aliphatic rings. The second-order valence-corrected chi connectivity index (χ2v) is 7.61. The summed E-state index contributed by atoms with van der Waals surface area (Å²) >= 11 is 0. The molecule has 1 aliphatic heterocycles. The van der Waals surface area contributed by atoms with E-state index in [9.17, 15) is 9.59 Å². The Labute approximate surface area is 192 Å². The van der Waals surface area contributed by atoms with Crippen LogP contribution in [0.3, 0.4) is 0 Å². The van der Waals surface area contributed by atoms with E-state index in [1.54, 1.807) is 61.8 Å². The molecule has 0 saturated carbocycles. The van der Waals surface area contributed by atoms with Gasteiger partial charge in [0.1, 0.15) is 5.75 Å². The Morgan fingerprint density at radius 3 is 2.33 bits per heavy atom. The van der Waals surface area contributed by atoms with Gasteiger partial charge in [0.15, 0.2) is 11.5 Å². The number of rotatable bonds is 6. The van der Waals surface area contributed by atoms with E-state index < -0.39 is 12.0 Å². The summed E-state index contributed by atoms with van der Waals surface area (Å²) in [5.74, 6) is 0.144. The monoisotopic (exact) mass is 447 g/mol. The van der Waals surface area contributed by atoms with E-state index in [0.29, 0.717) is 34.1 Å². The van der Waals surface area contributed by atoms with Crippen molar-refractivity contribution in [3.8, 4) is 17.2 Å². The molecule has 0 spiro atoms. The normalized spacial score (nSPS) is 17.2. The minimum absolute atomic E-state index is 0.221. The van der Waals surface area contributed by atoms with E-state index in [1.807, 2.05) is 18.2 Å². The van der Waals surface area contributed by atoms with Crippen molar-refractivity contribution in [1.82, 2.24) is 9.88 Å². The lowest BCUT2D eigenvalue weighted by molar-refractivity contribution is -0.119. The molecular weight excluding hydrogens is 422 g/mol. The number of aromatic nitrogens is 1. The number of nitrogens with zero attached hydrogens (tertiary/aromatic N) is 2. The van der Waals surface area contributed by atoms with Gasteiger partial charge in [0.25, 0.3) is 5.91 Å². The van der Waals surface area contributed by atoms with Crippen molar-refractivity contribution in [2.45, 2.75) is 12.0 Å². The van der Waals surface area contributed by atoms with Crippen LogP contribution in [0.5, 0.6) is 17.2 Å². The lowest BCUT2D eigenvalue weighted by Crippen LogP contribution is -2.44. The first-order valence-electron chi connectivity index (χ1n) is 10.4. The fraction of sp³-hybridized carbons (Fsp3) is 0.240. The molecule has 1 N–H and O–H groups in total. The lowest BCUT2D eigenvalue weighted by atomic mass is 9.79. The zero-order chi connectivity index (χ0) is 23.5. The van der Waals surface area contributed by atoms with Crippen LogP contribution in [0, 0.1) is 0 Å². The Morgan fingerprint density at radius 1 is 0.970 bits per heavy atom. The van der Waals surface area contributed by atoms with Crippen molar-refractivity contribution in [2.75, 3.05) is 33.7 Å². The number of likely N-dealkylation sites (N-methyl/N-ethyl adjacent to an activating group) is 1. The predicted octanol–water partition coefficient (Wildman–Crippen LogP) is 3.66. The van der Waals surface area contributed by atoms with Crippen molar-refractivity contribution in [3.63, 3.8) is 0 Å². The summed E-state index contributed by atoms with van der Waals surface area (Å²) in [7, 11) is 6.25. The molecule has 2 atom stereocenters. The van der Waals surface area contributed by atoms with Crippen LogP contribution in [0.1, 0.15) is 33.4 Å². The molecule has 0 saturated heterocycles. The number of methoxy groups -OCH3 is 3. The van der Waals surface area contributed by atoms with Crippen LogP contribution in [0.15, 0.2) is 60.9 Å². The zero-order valence-corrected chi connectivity index (χ0v) is 18.9. The summed E-state index contributed by atoms with van der Waals surface area (Å²) < 4.78 is 16.3. The van der Waals surface area contributed by atoms with Crippen LogP contribution in [0.4, 0.5) is 5.69 Å². The number of nitrogens with one attached hydrogen (secondary N) is 1. The minimum Gasteiger partial charge on any atom is -0.495 e. The molecule has 1 aromatic heterocycles. The molecule has 2 amide bonds. The predicted molar refractivity (Wildman–Crippen MR) is 123 cm³/mol. The number of anilines is 1. The van der Waals surface area contributed by atoms with Gasteiger partial charge in [-0.05, 0) is 41.5 Å². The molecule has 8 heteroatoms.